The molecule has 26 heavy (non-hydrogen) atoms. The molecule has 2 aromatic heterocycles. The van der Waals surface area contributed by atoms with Gasteiger partial charge in [-0.15, -0.1) is 11.3 Å². The van der Waals surface area contributed by atoms with Crippen molar-refractivity contribution in [3.05, 3.63) is 81.8 Å². The Bertz CT molecular complexity index is 903. The van der Waals surface area contributed by atoms with Gasteiger partial charge in [0.05, 0.1) is 17.8 Å². The van der Waals surface area contributed by atoms with Crippen molar-refractivity contribution < 1.29 is 0 Å². The Morgan fingerprint density at radius 1 is 1.12 bits per heavy atom. The summed E-state index contributed by atoms with van der Waals surface area (Å²) >= 11 is 7.56. The van der Waals surface area contributed by atoms with Crippen molar-refractivity contribution >= 4 is 34.4 Å². The van der Waals surface area contributed by atoms with Crippen molar-refractivity contribution in [3.8, 4) is 0 Å². The van der Waals surface area contributed by atoms with E-state index in [9.17, 15) is 0 Å². The number of nitrogens with one attached hydrogen (secondary N) is 1. The zero-order chi connectivity index (χ0) is 18.1. The number of aryl methyl sites for hydroxylation is 2. The van der Waals surface area contributed by atoms with Gasteiger partial charge in [-0.25, -0.2) is 0 Å². The summed E-state index contributed by atoms with van der Waals surface area (Å²) in [5, 5.41) is 4.26. The molecule has 1 N–H and O–H groups in total. The number of thiophene rings is 1. The minimum absolute atomic E-state index is 0.0348. The second-order valence-corrected chi connectivity index (χ2v) is 8.17. The van der Waals surface area contributed by atoms with Gasteiger partial charge >= 0.3 is 0 Å². The van der Waals surface area contributed by atoms with Gasteiger partial charge in [0.25, 0.3) is 0 Å². The van der Waals surface area contributed by atoms with E-state index in [1.165, 1.54) is 15.3 Å². The van der Waals surface area contributed by atoms with Gasteiger partial charge in [0, 0.05) is 21.6 Å². The topological polar surface area (TPSA) is 28.2 Å². The first-order chi connectivity index (χ1) is 12.7. The van der Waals surface area contributed by atoms with Crippen LogP contribution in [0.1, 0.15) is 40.0 Å². The van der Waals surface area contributed by atoms with Crippen LogP contribution < -0.4 is 10.2 Å². The van der Waals surface area contributed by atoms with Gasteiger partial charge in [0.2, 0.25) is 0 Å². The largest absolute Gasteiger partial charge is 0.351 e. The third-order valence-corrected chi connectivity index (χ3v) is 6.16. The second-order valence-electron chi connectivity index (χ2n) is 6.47. The standard InChI is InChI=1S/C21H21N3S2/c1-3-15-8-10-16(11-9-15)24-20(18-12-7-14(2)26-18)19(23-21(24)25)17-6-4-5-13-22-17/h4-13,19-20H,3H2,1-2H3,(H,23,25). The fraction of sp³-hybridized carbons (Fsp3) is 0.238. The van der Waals surface area contributed by atoms with Crippen molar-refractivity contribution in [2.75, 3.05) is 4.90 Å². The summed E-state index contributed by atoms with van der Waals surface area (Å²) in [5.74, 6) is 0. The highest BCUT2D eigenvalue weighted by atomic mass is 32.1. The average molecular weight is 380 g/mol. The molecule has 1 aromatic carbocycles. The van der Waals surface area contributed by atoms with Crippen LogP contribution in [0.2, 0.25) is 0 Å². The van der Waals surface area contributed by atoms with Crippen molar-refractivity contribution in [1.82, 2.24) is 10.3 Å². The third kappa shape index (κ3) is 3.13. The number of anilines is 1. The zero-order valence-electron chi connectivity index (χ0n) is 14.8. The minimum Gasteiger partial charge on any atom is -0.351 e. The lowest BCUT2D eigenvalue weighted by Crippen LogP contribution is -2.29. The number of pyridine rings is 1. The van der Waals surface area contributed by atoms with Gasteiger partial charge in [-0.05, 0) is 67.5 Å². The molecule has 1 aliphatic heterocycles. The van der Waals surface area contributed by atoms with Crippen LogP contribution in [0.15, 0.2) is 60.8 Å². The lowest BCUT2D eigenvalue weighted by Gasteiger charge is -2.27. The van der Waals surface area contributed by atoms with Crippen LogP contribution in [0.25, 0.3) is 0 Å². The summed E-state index contributed by atoms with van der Waals surface area (Å²) in [7, 11) is 0. The van der Waals surface area contributed by atoms with Crippen LogP contribution in [0.3, 0.4) is 0 Å². The van der Waals surface area contributed by atoms with Crippen LogP contribution in [0.5, 0.6) is 0 Å². The highest BCUT2D eigenvalue weighted by Crippen LogP contribution is 2.43. The van der Waals surface area contributed by atoms with E-state index in [4.69, 9.17) is 12.2 Å². The fourth-order valence-corrected chi connectivity index (χ4v) is 4.78. The normalized spacial score (nSPS) is 19.6. The van der Waals surface area contributed by atoms with Gasteiger partial charge in [-0.3, -0.25) is 4.98 Å². The van der Waals surface area contributed by atoms with E-state index in [-0.39, 0.29) is 12.1 Å². The molecule has 3 nitrogen and oxygen atoms in total. The van der Waals surface area contributed by atoms with Gasteiger partial charge < -0.3 is 10.2 Å². The molecular formula is C21H21N3S2. The van der Waals surface area contributed by atoms with E-state index >= 15 is 0 Å². The number of nitrogens with zero attached hydrogens (tertiary/aromatic N) is 2. The number of thiocarbonyl (C=S) groups is 1. The number of hydrogen-bond donors (Lipinski definition) is 1. The highest BCUT2D eigenvalue weighted by molar-refractivity contribution is 7.80. The summed E-state index contributed by atoms with van der Waals surface area (Å²) in [5.41, 5.74) is 3.46. The Hall–Kier alpha value is -2.24. The highest BCUT2D eigenvalue weighted by Gasteiger charge is 2.41. The first-order valence-corrected chi connectivity index (χ1v) is 10.1. The SMILES string of the molecule is CCc1ccc(N2C(=S)NC(c3ccccn3)C2c2ccc(C)s2)cc1. The lowest BCUT2D eigenvalue weighted by molar-refractivity contribution is 0.575. The van der Waals surface area contributed by atoms with Crippen molar-refractivity contribution in [1.29, 1.82) is 0 Å². The van der Waals surface area contributed by atoms with E-state index in [2.05, 4.69) is 71.5 Å². The average Bonchev–Trinajstić information content (AvgIpc) is 3.25. The molecule has 0 saturated carbocycles. The van der Waals surface area contributed by atoms with Crippen molar-refractivity contribution in [2.45, 2.75) is 32.4 Å². The van der Waals surface area contributed by atoms with E-state index in [0.717, 1.165) is 22.9 Å². The molecule has 1 fully saturated rings. The molecule has 0 radical (unpaired) electrons. The van der Waals surface area contributed by atoms with Crippen LogP contribution in [0.4, 0.5) is 5.69 Å². The lowest BCUT2D eigenvalue weighted by atomic mass is 10.0. The minimum atomic E-state index is 0.0348. The molecule has 0 aliphatic carbocycles. The van der Waals surface area contributed by atoms with Crippen LogP contribution >= 0.6 is 23.6 Å². The summed E-state index contributed by atoms with van der Waals surface area (Å²) in [6.07, 6.45) is 2.88. The Labute approximate surface area is 163 Å². The summed E-state index contributed by atoms with van der Waals surface area (Å²) in [6.45, 7) is 4.32. The maximum atomic E-state index is 5.74. The quantitative estimate of drug-likeness (QED) is 0.631. The van der Waals surface area contributed by atoms with E-state index in [0.29, 0.717) is 0 Å². The Kier molecular flexibility index (Phi) is 4.74. The van der Waals surface area contributed by atoms with E-state index in [1.54, 1.807) is 0 Å². The second kappa shape index (κ2) is 7.17. The van der Waals surface area contributed by atoms with Crippen LogP contribution in [-0.4, -0.2) is 10.1 Å². The Balaban J connectivity index is 1.79. The van der Waals surface area contributed by atoms with Crippen molar-refractivity contribution in [2.24, 2.45) is 0 Å². The molecule has 5 heteroatoms. The first-order valence-electron chi connectivity index (χ1n) is 8.83. The molecule has 132 valence electrons. The van der Waals surface area contributed by atoms with Gasteiger partial charge in [-0.2, -0.15) is 0 Å². The maximum Gasteiger partial charge on any atom is 0.174 e. The molecule has 3 heterocycles. The molecule has 1 aliphatic rings. The van der Waals surface area contributed by atoms with Gasteiger partial charge in [0.15, 0.2) is 5.11 Å². The molecule has 4 rings (SSSR count). The molecule has 0 bridgehead atoms. The summed E-state index contributed by atoms with van der Waals surface area (Å²) in [4.78, 5) is 9.43. The fourth-order valence-electron chi connectivity index (χ4n) is 3.43. The maximum absolute atomic E-state index is 5.74. The monoisotopic (exact) mass is 379 g/mol. The molecule has 0 spiro atoms. The summed E-state index contributed by atoms with van der Waals surface area (Å²) < 4.78 is 0. The molecule has 2 atom stereocenters. The van der Waals surface area contributed by atoms with Gasteiger partial charge in [0.1, 0.15) is 0 Å². The molecule has 3 aromatic rings. The molecule has 0 amide bonds. The number of rotatable bonds is 4. The predicted molar refractivity (Wildman–Crippen MR) is 113 cm³/mol. The molecule has 2 unspecified atom stereocenters. The molecular weight excluding hydrogens is 358 g/mol. The predicted octanol–water partition coefficient (Wildman–Crippen LogP) is 5.19. The van der Waals surface area contributed by atoms with E-state index in [1.807, 2.05) is 29.7 Å². The van der Waals surface area contributed by atoms with E-state index < -0.39 is 0 Å². The summed E-state index contributed by atoms with van der Waals surface area (Å²) in [6, 6.07) is 19.3. The Morgan fingerprint density at radius 2 is 1.92 bits per heavy atom. The molecule has 1 saturated heterocycles. The smallest absolute Gasteiger partial charge is 0.174 e. The third-order valence-electron chi connectivity index (χ3n) is 4.77. The zero-order valence-corrected chi connectivity index (χ0v) is 16.5. The number of aromatic nitrogens is 1. The van der Waals surface area contributed by atoms with Crippen LogP contribution in [0, 0.1) is 6.92 Å². The van der Waals surface area contributed by atoms with Gasteiger partial charge in [-0.1, -0.05) is 25.1 Å². The van der Waals surface area contributed by atoms with Crippen molar-refractivity contribution in [3.63, 3.8) is 0 Å². The first kappa shape index (κ1) is 17.2. The Morgan fingerprint density at radius 3 is 2.54 bits per heavy atom. The number of benzene rings is 1. The van der Waals surface area contributed by atoms with Crippen LogP contribution in [-0.2, 0) is 6.42 Å². The number of hydrogen-bond acceptors (Lipinski definition) is 3.